The molecule has 0 amide bonds. The molecule has 3 aliphatic rings. The lowest BCUT2D eigenvalue weighted by atomic mass is 9.76. The number of nitrogens with two attached hydrogens (primary N) is 1. The normalized spacial score (nSPS) is 42.5. The van der Waals surface area contributed by atoms with Crippen molar-refractivity contribution < 1.29 is 0 Å². The average molecular weight is 168 g/mol. The maximum Gasteiger partial charge on any atom is 0.0250 e. The minimum Gasteiger partial charge on any atom is -0.326 e. The summed E-state index contributed by atoms with van der Waals surface area (Å²) in [5.41, 5.74) is 6.11. The number of fused-ring (bicyclic) bond motifs is 3. The molecule has 70 valence electrons. The highest BCUT2D eigenvalue weighted by molar-refractivity contribution is 4.96. The van der Waals surface area contributed by atoms with E-state index in [-0.39, 0.29) is 0 Å². The van der Waals surface area contributed by atoms with Crippen molar-refractivity contribution >= 4 is 0 Å². The summed E-state index contributed by atoms with van der Waals surface area (Å²) in [5, 5.41) is 0. The third-order valence-corrected chi connectivity index (χ3v) is 3.53. The van der Waals surface area contributed by atoms with Gasteiger partial charge in [0.05, 0.1) is 0 Å². The standard InChI is InChI=1S/C10H20N2/c1-7(2)12-6-8-3-4-10(12)9(11)5-8/h7-10H,3-6,11H2,1-2H3/t8-,9+,10+/m1/s1. The number of piperidine rings is 2. The fourth-order valence-electron chi connectivity index (χ4n) is 2.89. The molecule has 2 heteroatoms. The second-order valence-electron chi connectivity index (χ2n) is 4.70. The van der Waals surface area contributed by atoms with E-state index in [0.29, 0.717) is 18.1 Å². The zero-order valence-electron chi connectivity index (χ0n) is 8.16. The van der Waals surface area contributed by atoms with Crippen molar-refractivity contribution in [1.82, 2.24) is 4.90 Å². The van der Waals surface area contributed by atoms with Gasteiger partial charge in [-0.15, -0.1) is 0 Å². The summed E-state index contributed by atoms with van der Waals surface area (Å²) in [4.78, 5) is 2.60. The van der Waals surface area contributed by atoms with Crippen molar-refractivity contribution in [3.63, 3.8) is 0 Å². The van der Waals surface area contributed by atoms with Gasteiger partial charge in [-0.2, -0.15) is 0 Å². The summed E-state index contributed by atoms with van der Waals surface area (Å²) in [6.07, 6.45) is 4.03. The van der Waals surface area contributed by atoms with Crippen molar-refractivity contribution in [3.8, 4) is 0 Å². The Bertz CT molecular complexity index is 167. The van der Waals surface area contributed by atoms with Gasteiger partial charge in [0.1, 0.15) is 0 Å². The molecule has 0 aromatic heterocycles. The largest absolute Gasteiger partial charge is 0.326 e. The van der Waals surface area contributed by atoms with Gasteiger partial charge in [-0.1, -0.05) is 0 Å². The van der Waals surface area contributed by atoms with Crippen molar-refractivity contribution in [2.45, 2.75) is 51.2 Å². The van der Waals surface area contributed by atoms with E-state index in [4.69, 9.17) is 5.73 Å². The van der Waals surface area contributed by atoms with Crippen LogP contribution in [0.5, 0.6) is 0 Å². The Hall–Kier alpha value is -0.0800. The number of hydrogen-bond donors (Lipinski definition) is 1. The SMILES string of the molecule is CC(C)N1C[C@@H]2CC[C@H]1[C@@H](N)C2. The predicted molar refractivity (Wildman–Crippen MR) is 50.9 cm³/mol. The molecule has 3 rings (SSSR count). The van der Waals surface area contributed by atoms with E-state index in [2.05, 4.69) is 18.7 Å². The van der Waals surface area contributed by atoms with Gasteiger partial charge < -0.3 is 5.73 Å². The predicted octanol–water partition coefficient (Wildman–Crippen LogP) is 1.21. The Balaban J connectivity index is 2.09. The number of rotatable bonds is 1. The molecule has 3 atom stereocenters. The first-order chi connectivity index (χ1) is 5.68. The fourth-order valence-corrected chi connectivity index (χ4v) is 2.89. The molecule has 0 aromatic carbocycles. The van der Waals surface area contributed by atoms with E-state index in [9.17, 15) is 0 Å². The molecular weight excluding hydrogens is 148 g/mol. The van der Waals surface area contributed by atoms with Crippen molar-refractivity contribution in [2.75, 3.05) is 6.54 Å². The highest BCUT2D eigenvalue weighted by Gasteiger charge is 2.39. The Labute approximate surface area is 75.1 Å². The molecule has 3 fully saturated rings. The van der Waals surface area contributed by atoms with E-state index in [1.165, 1.54) is 25.8 Å². The first-order valence-electron chi connectivity index (χ1n) is 5.20. The fraction of sp³-hybridized carbons (Fsp3) is 1.00. The topological polar surface area (TPSA) is 29.3 Å². The van der Waals surface area contributed by atoms with Gasteiger partial charge in [0.2, 0.25) is 0 Å². The van der Waals surface area contributed by atoms with Crippen LogP contribution in [0.25, 0.3) is 0 Å². The summed E-state index contributed by atoms with van der Waals surface area (Å²) in [6.45, 7) is 5.87. The summed E-state index contributed by atoms with van der Waals surface area (Å²) in [7, 11) is 0. The second kappa shape index (κ2) is 3.00. The Morgan fingerprint density at radius 3 is 2.50 bits per heavy atom. The highest BCUT2D eigenvalue weighted by atomic mass is 15.2. The lowest BCUT2D eigenvalue weighted by molar-refractivity contribution is 0.0101. The number of hydrogen-bond acceptors (Lipinski definition) is 2. The molecule has 0 aromatic rings. The lowest BCUT2D eigenvalue weighted by Crippen LogP contribution is -2.60. The van der Waals surface area contributed by atoms with Crippen LogP contribution in [0.15, 0.2) is 0 Å². The van der Waals surface area contributed by atoms with Crippen molar-refractivity contribution in [3.05, 3.63) is 0 Å². The maximum absolute atomic E-state index is 6.11. The van der Waals surface area contributed by atoms with E-state index < -0.39 is 0 Å². The van der Waals surface area contributed by atoms with Gasteiger partial charge >= 0.3 is 0 Å². The molecule has 2 nitrogen and oxygen atoms in total. The molecule has 0 radical (unpaired) electrons. The summed E-state index contributed by atoms with van der Waals surface area (Å²) in [6, 6.07) is 1.83. The first kappa shape index (κ1) is 8.52. The minimum absolute atomic E-state index is 0.458. The average Bonchev–Trinajstić information content (AvgIpc) is 2.04. The quantitative estimate of drug-likeness (QED) is 0.637. The molecule has 0 spiro atoms. The van der Waals surface area contributed by atoms with Gasteiger partial charge in [0.25, 0.3) is 0 Å². The van der Waals surface area contributed by atoms with E-state index in [0.717, 1.165) is 5.92 Å². The van der Waals surface area contributed by atoms with E-state index >= 15 is 0 Å². The molecule has 2 aliphatic heterocycles. The second-order valence-corrected chi connectivity index (χ2v) is 4.70. The molecule has 2 bridgehead atoms. The zero-order chi connectivity index (χ0) is 8.72. The minimum atomic E-state index is 0.458. The smallest absolute Gasteiger partial charge is 0.0250 e. The van der Waals surface area contributed by atoms with E-state index in [1.807, 2.05) is 0 Å². The first-order valence-corrected chi connectivity index (χ1v) is 5.20. The van der Waals surface area contributed by atoms with Gasteiger partial charge in [0, 0.05) is 24.7 Å². The monoisotopic (exact) mass is 168 g/mol. The van der Waals surface area contributed by atoms with Gasteiger partial charge in [0.15, 0.2) is 0 Å². The Morgan fingerprint density at radius 1 is 1.33 bits per heavy atom. The van der Waals surface area contributed by atoms with E-state index in [1.54, 1.807) is 0 Å². The third kappa shape index (κ3) is 1.27. The van der Waals surface area contributed by atoms with Crippen molar-refractivity contribution in [1.29, 1.82) is 0 Å². The van der Waals surface area contributed by atoms with Gasteiger partial charge in [-0.25, -0.2) is 0 Å². The molecule has 1 saturated carbocycles. The molecule has 2 heterocycles. The zero-order valence-corrected chi connectivity index (χ0v) is 8.16. The van der Waals surface area contributed by atoms with Crippen LogP contribution in [0.1, 0.15) is 33.1 Å². The molecule has 12 heavy (non-hydrogen) atoms. The Morgan fingerprint density at radius 2 is 2.08 bits per heavy atom. The van der Waals surface area contributed by atoms with Gasteiger partial charge in [-0.3, -0.25) is 4.90 Å². The lowest BCUT2D eigenvalue weighted by Gasteiger charge is -2.50. The summed E-state index contributed by atoms with van der Waals surface area (Å²) >= 11 is 0. The third-order valence-electron chi connectivity index (χ3n) is 3.53. The van der Waals surface area contributed by atoms with Crippen LogP contribution in [0.4, 0.5) is 0 Å². The van der Waals surface area contributed by atoms with Crippen LogP contribution in [0, 0.1) is 5.92 Å². The molecule has 1 aliphatic carbocycles. The van der Waals surface area contributed by atoms with Crippen LogP contribution >= 0.6 is 0 Å². The van der Waals surface area contributed by atoms with Crippen LogP contribution in [-0.2, 0) is 0 Å². The van der Waals surface area contributed by atoms with Crippen LogP contribution in [0.2, 0.25) is 0 Å². The molecule has 2 N–H and O–H groups in total. The van der Waals surface area contributed by atoms with Gasteiger partial charge in [-0.05, 0) is 39.0 Å². The molecular formula is C10H20N2. The molecule has 0 unspecified atom stereocenters. The maximum atomic E-state index is 6.11. The summed E-state index contributed by atoms with van der Waals surface area (Å²) in [5.74, 6) is 0.896. The highest BCUT2D eigenvalue weighted by Crippen LogP contribution is 2.35. The van der Waals surface area contributed by atoms with Crippen LogP contribution in [0.3, 0.4) is 0 Å². The number of nitrogens with zero attached hydrogens (tertiary/aromatic N) is 1. The van der Waals surface area contributed by atoms with Crippen molar-refractivity contribution in [2.24, 2.45) is 11.7 Å². The summed E-state index contributed by atoms with van der Waals surface area (Å²) < 4.78 is 0. The Kier molecular flexibility index (Phi) is 2.13. The van der Waals surface area contributed by atoms with Crippen LogP contribution < -0.4 is 5.73 Å². The van der Waals surface area contributed by atoms with Crippen LogP contribution in [-0.4, -0.2) is 29.6 Å². The molecule has 2 saturated heterocycles.